The van der Waals surface area contributed by atoms with Crippen molar-refractivity contribution in [3.63, 3.8) is 0 Å². The van der Waals surface area contributed by atoms with E-state index in [4.69, 9.17) is 4.74 Å². The van der Waals surface area contributed by atoms with E-state index in [1.807, 2.05) is 0 Å². The maximum Gasteiger partial charge on any atom is 0.416 e. The van der Waals surface area contributed by atoms with Crippen LogP contribution in [0.2, 0.25) is 0 Å². The fraction of sp³-hybridized carbons (Fsp3) is 0.588. The molecular formula is C17H22F3NO2. The Hall–Kier alpha value is -1.56. The first-order chi connectivity index (χ1) is 10.9. The first kappa shape index (κ1) is 17.8. The first-order valence-corrected chi connectivity index (χ1v) is 7.90. The zero-order valence-corrected chi connectivity index (χ0v) is 13.2. The maximum absolute atomic E-state index is 12.8. The van der Waals surface area contributed by atoms with E-state index in [0.29, 0.717) is 13.2 Å². The molecule has 0 aromatic heterocycles. The number of benzene rings is 1. The molecule has 1 saturated heterocycles. The lowest BCUT2D eigenvalue weighted by molar-refractivity contribution is -0.137. The molecule has 1 heterocycles. The molecule has 0 spiro atoms. The Morgan fingerprint density at radius 2 is 2.13 bits per heavy atom. The molecule has 3 nitrogen and oxygen atoms in total. The lowest BCUT2D eigenvalue weighted by Crippen LogP contribution is -2.43. The average molecular weight is 329 g/mol. The van der Waals surface area contributed by atoms with E-state index in [-0.39, 0.29) is 17.5 Å². The Labute approximate surface area is 134 Å². The standard InChI is InChI=1S/C17H22F3NO2/c1-23-11-5-9-15-8-2-3-10-21(15)16(22)13-6-4-7-14(12-13)17(18,19)20/h4,6-7,12,15H,2-3,5,8-11H2,1H3. The highest BCUT2D eigenvalue weighted by molar-refractivity contribution is 5.94. The summed E-state index contributed by atoms with van der Waals surface area (Å²) in [5, 5.41) is 0. The van der Waals surface area contributed by atoms with Gasteiger partial charge >= 0.3 is 6.18 Å². The summed E-state index contributed by atoms with van der Waals surface area (Å²) < 4.78 is 43.5. The van der Waals surface area contributed by atoms with Crippen molar-refractivity contribution in [1.29, 1.82) is 0 Å². The zero-order valence-electron chi connectivity index (χ0n) is 13.2. The van der Waals surface area contributed by atoms with Crippen LogP contribution in [0.1, 0.15) is 48.0 Å². The molecule has 1 aromatic rings. The summed E-state index contributed by atoms with van der Waals surface area (Å²) in [7, 11) is 1.63. The van der Waals surface area contributed by atoms with Gasteiger partial charge in [0.25, 0.3) is 5.91 Å². The number of alkyl halides is 3. The van der Waals surface area contributed by atoms with Crippen LogP contribution in [0.15, 0.2) is 24.3 Å². The molecule has 1 aliphatic heterocycles. The predicted octanol–water partition coefficient (Wildman–Crippen LogP) is 4.13. The Balaban J connectivity index is 2.13. The van der Waals surface area contributed by atoms with E-state index in [9.17, 15) is 18.0 Å². The predicted molar refractivity (Wildman–Crippen MR) is 81.2 cm³/mol. The van der Waals surface area contributed by atoms with Crippen LogP contribution in [0.25, 0.3) is 0 Å². The lowest BCUT2D eigenvalue weighted by Gasteiger charge is -2.36. The van der Waals surface area contributed by atoms with Crippen LogP contribution in [-0.2, 0) is 10.9 Å². The van der Waals surface area contributed by atoms with E-state index >= 15 is 0 Å². The van der Waals surface area contributed by atoms with Crippen LogP contribution in [-0.4, -0.2) is 37.1 Å². The van der Waals surface area contributed by atoms with Gasteiger partial charge in [0, 0.05) is 31.9 Å². The van der Waals surface area contributed by atoms with Crippen LogP contribution in [0.3, 0.4) is 0 Å². The summed E-state index contributed by atoms with van der Waals surface area (Å²) in [5.41, 5.74) is -0.672. The number of carbonyl (C=O) groups is 1. The second-order valence-corrected chi connectivity index (χ2v) is 5.86. The SMILES string of the molecule is COCCCC1CCCCN1C(=O)c1cccc(C(F)(F)F)c1. The maximum atomic E-state index is 12.8. The number of carbonyl (C=O) groups excluding carboxylic acids is 1. The van der Waals surface area contributed by atoms with E-state index < -0.39 is 11.7 Å². The number of ether oxygens (including phenoxy) is 1. The quantitative estimate of drug-likeness (QED) is 0.760. The number of methoxy groups -OCH3 is 1. The summed E-state index contributed by atoms with van der Waals surface area (Å²) in [4.78, 5) is 14.4. The molecule has 1 fully saturated rings. The minimum absolute atomic E-state index is 0.0842. The number of halogens is 3. The van der Waals surface area contributed by atoms with Gasteiger partial charge in [-0.25, -0.2) is 0 Å². The number of hydrogen-bond acceptors (Lipinski definition) is 2. The third kappa shape index (κ3) is 4.70. The van der Waals surface area contributed by atoms with Gasteiger partial charge in [-0.2, -0.15) is 13.2 Å². The van der Waals surface area contributed by atoms with E-state index in [2.05, 4.69) is 0 Å². The topological polar surface area (TPSA) is 29.5 Å². The van der Waals surface area contributed by atoms with Gasteiger partial charge in [0.1, 0.15) is 0 Å². The number of likely N-dealkylation sites (tertiary alicyclic amines) is 1. The number of rotatable bonds is 5. The Bertz CT molecular complexity index is 531. The summed E-state index contributed by atoms with van der Waals surface area (Å²) in [6.07, 6.45) is 0.0616. The summed E-state index contributed by atoms with van der Waals surface area (Å²) >= 11 is 0. The lowest BCUT2D eigenvalue weighted by atomic mass is 9.96. The van der Waals surface area contributed by atoms with E-state index in [0.717, 1.165) is 44.2 Å². The van der Waals surface area contributed by atoms with Crippen LogP contribution >= 0.6 is 0 Å². The third-order valence-electron chi connectivity index (χ3n) is 4.21. The molecule has 1 unspecified atom stereocenters. The zero-order chi connectivity index (χ0) is 16.9. The van der Waals surface area contributed by atoms with Gasteiger partial charge in [-0.3, -0.25) is 4.79 Å². The fourth-order valence-electron chi connectivity index (χ4n) is 3.03. The van der Waals surface area contributed by atoms with Crippen molar-refractivity contribution in [1.82, 2.24) is 4.90 Å². The Morgan fingerprint density at radius 3 is 2.83 bits per heavy atom. The molecule has 0 radical (unpaired) electrons. The molecule has 0 N–H and O–H groups in total. The molecule has 0 aliphatic carbocycles. The van der Waals surface area contributed by atoms with Crippen molar-refractivity contribution >= 4 is 5.91 Å². The molecule has 128 valence electrons. The van der Waals surface area contributed by atoms with Gasteiger partial charge in [0.2, 0.25) is 0 Å². The second kappa shape index (κ2) is 7.81. The molecule has 1 amide bonds. The van der Waals surface area contributed by atoms with Crippen molar-refractivity contribution in [2.24, 2.45) is 0 Å². The van der Waals surface area contributed by atoms with Gasteiger partial charge in [-0.1, -0.05) is 6.07 Å². The van der Waals surface area contributed by atoms with Gasteiger partial charge < -0.3 is 9.64 Å². The van der Waals surface area contributed by atoms with Crippen molar-refractivity contribution in [2.75, 3.05) is 20.3 Å². The highest BCUT2D eigenvalue weighted by atomic mass is 19.4. The van der Waals surface area contributed by atoms with Crippen LogP contribution in [0, 0.1) is 0 Å². The first-order valence-electron chi connectivity index (χ1n) is 7.90. The molecule has 1 atom stereocenters. The summed E-state index contributed by atoms with van der Waals surface area (Å²) in [6.45, 7) is 1.23. The number of piperidine rings is 1. The van der Waals surface area contributed by atoms with Crippen molar-refractivity contribution in [2.45, 2.75) is 44.3 Å². The summed E-state index contributed by atoms with van der Waals surface area (Å²) in [6, 6.07) is 4.77. The second-order valence-electron chi connectivity index (χ2n) is 5.86. The van der Waals surface area contributed by atoms with E-state index in [1.165, 1.54) is 12.1 Å². The third-order valence-corrected chi connectivity index (χ3v) is 4.21. The van der Waals surface area contributed by atoms with Gasteiger partial charge in [-0.05, 0) is 50.3 Å². The summed E-state index contributed by atoms with van der Waals surface area (Å²) in [5.74, 6) is -0.307. The molecule has 0 saturated carbocycles. The molecule has 2 rings (SSSR count). The van der Waals surface area contributed by atoms with Crippen molar-refractivity contribution in [3.8, 4) is 0 Å². The Morgan fingerprint density at radius 1 is 1.35 bits per heavy atom. The van der Waals surface area contributed by atoms with Gasteiger partial charge in [0.05, 0.1) is 5.56 Å². The average Bonchev–Trinajstić information content (AvgIpc) is 2.54. The van der Waals surface area contributed by atoms with Crippen LogP contribution in [0.4, 0.5) is 13.2 Å². The smallest absolute Gasteiger partial charge is 0.385 e. The fourth-order valence-corrected chi connectivity index (χ4v) is 3.03. The monoisotopic (exact) mass is 329 g/mol. The number of amides is 1. The molecule has 6 heteroatoms. The minimum atomic E-state index is -4.43. The molecule has 1 aromatic carbocycles. The number of nitrogens with zero attached hydrogens (tertiary/aromatic N) is 1. The van der Waals surface area contributed by atoms with Gasteiger partial charge in [0.15, 0.2) is 0 Å². The van der Waals surface area contributed by atoms with Crippen LogP contribution in [0.5, 0.6) is 0 Å². The van der Waals surface area contributed by atoms with E-state index in [1.54, 1.807) is 12.0 Å². The molecule has 23 heavy (non-hydrogen) atoms. The van der Waals surface area contributed by atoms with Crippen molar-refractivity contribution < 1.29 is 22.7 Å². The largest absolute Gasteiger partial charge is 0.416 e. The highest BCUT2D eigenvalue weighted by Crippen LogP contribution is 2.30. The molecule has 1 aliphatic rings. The molecular weight excluding hydrogens is 307 g/mol. The number of hydrogen-bond donors (Lipinski definition) is 0. The minimum Gasteiger partial charge on any atom is -0.385 e. The normalized spacial score (nSPS) is 19.0. The Kier molecular flexibility index (Phi) is 6.04. The van der Waals surface area contributed by atoms with Gasteiger partial charge in [-0.15, -0.1) is 0 Å². The molecule has 0 bridgehead atoms. The van der Waals surface area contributed by atoms with Crippen LogP contribution < -0.4 is 0 Å². The van der Waals surface area contributed by atoms with Crippen molar-refractivity contribution in [3.05, 3.63) is 35.4 Å². The highest BCUT2D eigenvalue weighted by Gasteiger charge is 2.32.